The van der Waals surface area contributed by atoms with E-state index in [1.807, 2.05) is 0 Å². The molecule has 0 saturated heterocycles. The summed E-state index contributed by atoms with van der Waals surface area (Å²) in [6.07, 6.45) is 1.99. The van der Waals surface area contributed by atoms with Crippen LogP contribution in [0.1, 0.15) is 68.9 Å². The summed E-state index contributed by atoms with van der Waals surface area (Å²) in [5.74, 6) is -1.11. The molecule has 0 radical (unpaired) electrons. The lowest BCUT2D eigenvalue weighted by molar-refractivity contribution is -0.145. The lowest BCUT2D eigenvalue weighted by atomic mass is 9.47. The molecule has 4 saturated carbocycles. The summed E-state index contributed by atoms with van der Waals surface area (Å²) in [7, 11) is 0. The topological polar surface area (TPSA) is 119 Å². The molecule has 0 spiro atoms. The lowest BCUT2D eigenvalue weighted by Crippen LogP contribution is -2.62. The van der Waals surface area contributed by atoms with Crippen LogP contribution in [0.2, 0.25) is 0 Å². The Balaban J connectivity index is 1.56. The van der Waals surface area contributed by atoms with Crippen LogP contribution in [0.15, 0.2) is 12.3 Å². The molecule has 0 aromatic carbocycles. The maximum atomic E-state index is 14.0. The summed E-state index contributed by atoms with van der Waals surface area (Å²) < 4.78 is 42.6. The normalized spacial score (nSPS) is 30.0. The van der Waals surface area contributed by atoms with Gasteiger partial charge in [-0.3, -0.25) is 14.4 Å². The molecule has 4 aliphatic carbocycles. The molecule has 3 amide bonds. The Morgan fingerprint density at radius 2 is 1.83 bits per heavy atom. The van der Waals surface area contributed by atoms with Gasteiger partial charge in [0.25, 0.3) is 5.91 Å². The lowest BCUT2D eigenvalue weighted by Gasteiger charge is -2.58. The van der Waals surface area contributed by atoms with Gasteiger partial charge in [-0.15, -0.1) is 0 Å². The number of carbonyl (C=O) groups excluding carboxylic acids is 3. The average molecular weight is 496 g/mol. The van der Waals surface area contributed by atoms with Gasteiger partial charge in [-0.2, -0.15) is 18.3 Å². The van der Waals surface area contributed by atoms with Gasteiger partial charge in [0.1, 0.15) is 0 Å². The fourth-order valence-electron chi connectivity index (χ4n) is 6.44. The number of amides is 3. The smallest absolute Gasteiger partial charge is 0.369 e. The monoisotopic (exact) mass is 495 g/mol. The van der Waals surface area contributed by atoms with Crippen molar-refractivity contribution in [3.63, 3.8) is 0 Å². The Kier molecular flexibility index (Phi) is 6.25. The van der Waals surface area contributed by atoms with E-state index < -0.39 is 34.2 Å². The zero-order valence-corrected chi connectivity index (χ0v) is 20.1. The summed E-state index contributed by atoms with van der Waals surface area (Å²) >= 11 is 0. The molecule has 4 bridgehead atoms. The SMILES string of the molecule is CCNC(=O)C(C)(C)/C=C/n1ncc(C(=O)NC2C3CC4CC2CC(C(N)=O)(C4)C3)c1C(F)(F)F. The molecule has 192 valence electrons. The minimum absolute atomic E-state index is 0.0138. The number of hydrogen-bond donors (Lipinski definition) is 3. The van der Waals surface area contributed by atoms with Crippen LogP contribution in [0.25, 0.3) is 6.20 Å². The van der Waals surface area contributed by atoms with Crippen LogP contribution in [-0.4, -0.2) is 40.1 Å². The van der Waals surface area contributed by atoms with Crippen molar-refractivity contribution in [2.75, 3.05) is 6.54 Å². The third-order valence-electron chi connectivity index (χ3n) is 7.96. The maximum absolute atomic E-state index is 14.0. The summed E-state index contributed by atoms with van der Waals surface area (Å²) in [6.45, 7) is 5.28. The maximum Gasteiger partial charge on any atom is 0.434 e. The molecule has 4 N–H and O–H groups in total. The number of aromatic nitrogens is 2. The van der Waals surface area contributed by atoms with E-state index in [-0.39, 0.29) is 29.7 Å². The van der Waals surface area contributed by atoms with Gasteiger partial charge in [0.05, 0.1) is 17.2 Å². The van der Waals surface area contributed by atoms with Crippen molar-refractivity contribution in [3.8, 4) is 0 Å². The van der Waals surface area contributed by atoms with Crippen LogP contribution < -0.4 is 16.4 Å². The number of nitrogens with one attached hydrogen (secondary N) is 2. The Hall–Kier alpha value is -2.85. The molecule has 5 rings (SSSR count). The van der Waals surface area contributed by atoms with E-state index in [2.05, 4.69) is 15.7 Å². The molecular weight excluding hydrogens is 463 g/mol. The number of nitrogens with zero attached hydrogens (tertiary/aromatic N) is 2. The minimum atomic E-state index is -4.84. The number of rotatable bonds is 7. The van der Waals surface area contributed by atoms with Crippen molar-refractivity contribution < 1.29 is 27.6 Å². The second-order valence-corrected chi connectivity index (χ2v) is 10.9. The molecule has 4 aliphatic rings. The molecule has 1 heterocycles. The van der Waals surface area contributed by atoms with E-state index in [1.54, 1.807) is 20.8 Å². The quantitative estimate of drug-likeness (QED) is 0.539. The van der Waals surface area contributed by atoms with E-state index >= 15 is 0 Å². The van der Waals surface area contributed by atoms with Gasteiger partial charge in [-0.1, -0.05) is 6.08 Å². The van der Waals surface area contributed by atoms with Crippen molar-refractivity contribution in [2.45, 2.75) is 65.1 Å². The van der Waals surface area contributed by atoms with Gasteiger partial charge >= 0.3 is 6.18 Å². The first kappa shape index (κ1) is 25.2. The number of nitrogens with two attached hydrogens (primary N) is 1. The molecule has 1 aromatic rings. The highest BCUT2D eigenvalue weighted by molar-refractivity contribution is 5.96. The van der Waals surface area contributed by atoms with E-state index in [0.29, 0.717) is 30.0 Å². The summed E-state index contributed by atoms with van der Waals surface area (Å²) in [4.78, 5) is 37.4. The van der Waals surface area contributed by atoms with Crippen LogP contribution in [0.3, 0.4) is 0 Å². The van der Waals surface area contributed by atoms with Crippen LogP contribution in [0.5, 0.6) is 0 Å². The predicted octanol–water partition coefficient (Wildman–Crippen LogP) is 2.94. The third kappa shape index (κ3) is 4.56. The Bertz CT molecular complexity index is 1050. The number of alkyl halides is 3. The highest BCUT2D eigenvalue weighted by Gasteiger charge is 2.58. The van der Waals surface area contributed by atoms with Crippen LogP contribution in [0, 0.1) is 28.6 Å². The molecular formula is C24H32F3N5O3. The molecule has 1 aromatic heterocycles. The average Bonchev–Trinajstić information content (AvgIpc) is 3.19. The van der Waals surface area contributed by atoms with Crippen molar-refractivity contribution >= 4 is 23.9 Å². The zero-order valence-electron chi connectivity index (χ0n) is 20.1. The minimum Gasteiger partial charge on any atom is -0.369 e. The number of carbonyl (C=O) groups is 3. The Labute approximate surface area is 201 Å². The van der Waals surface area contributed by atoms with Crippen LogP contribution in [-0.2, 0) is 15.8 Å². The van der Waals surface area contributed by atoms with Gasteiger partial charge in [0.15, 0.2) is 5.69 Å². The first-order valence-electron chi connectivity index (χ1n) is 12.0. The van der Waals surface area contributed by atoms with Gasteiger partial charge in [0.2, 0.25) is 11.8 Å². The van der Waals surface area contributed by atoms with Gasteiger partial charge in [0, 0.05) is 24.2 Å². The van der Waals surface area contributed by atoms with Crippen molar-refractivity contribution in [3.05, 3.63) is 23.5 Å². The van der Waals surface area contributed by atoms with Crippen molar-refractivity contribution in [2.24, 2.45) is 34.3 Å². The molecule has 2 unspecified atom stereocenters. The number of primary amides is 1. The van der Waals surface area contributed by atoms with Gasteiger partial charge < -0.3 is 16.4 Å². The molecule has 11 heteroatoms. The third-order valence-corrected chi connectivity index (χ3v) is 7.96. The highest BCUT2D eigenvalue weighted by Crippen LogP contribution is 2.60. The second-order valence-electron chi connectivity index (χ2n) is 10.9. The van der Waals surface area contributed by atoms with Crippen LogP contribution in [0.4, 0.5) is 13.2 Å². The number of hydrogen-bond acceptors (Lipinski definition) is 4. The first-order valence-corrected chi connectivity index (χ1v) is 12.0. The molecule has 4 fully saturated rings. The first-order chi connectivity index (χ1) is 16.3. The van der Waals surface area contributed by atoms with Crippen LogP contribution >= 0.6 is 0 Å². The Morgan fingerprint density at radius 1 is 1.20 bits per heavy atom. The number of halogens is 3. The fraction of sp³-hybridized carbons (Fsp3) is 0.667. The largest absolute Gasteiger partial charge is 0.434 e. The second kappa shape index (κ2) is 8.67. The predicted molar refractivity (Wildman–Crippen MR) is 121 cm³/mol. The molecule has 2 atom stereocenters. The molecule has 0 aliphatic heterocycles. The van der Waals surface area contributed by atoms with Gasteiger partial charge in [-0.05, 0) is 70.6 Å². The highest BCUT2D eigenvalue weighted by atomic mass is 19.4. The van der Waals surface area contributed by atoms with Crippen molar-refractivity contribution in [1.82, 2.24) is 20.4 Å². The summed E-state index contributed by atoms with van der Waals surface area (Å²) in [6, 6.07) is -0.303. The van der Waals surface area contributed by atoms with E-state index in [9.17, 15) is 27.6 Å². The van der Waals surface area contributed by atoms with E-state index in [0.717, 1.165) is 31.7 Å². The van der Waals surface area contributed by atoms with E-state index in [4.69, 9.17) is 5.73 Å². The van der Waals surface area contributed by atoms with Crippen molar-refractivity contribution in [1.29, 1.82) is 0 Å². The molecule has 35 heavy (non-hydrogen) atoms. The fourth-order valence-corrected chi connectivity index (χ4v) is 6.44. The standard InChI is InChI=1S/C24H32F3N5O3/c1-4-29-21(35)22(2,3)5-6-32-18(24(25,26)27)16(12-30-32)19(33)31-17-14-7-13-8-15(17)11-23(9-13,10-14)20(28)34/h5-6,12-15,17H,4,7-11H2,1-3H3,(H2,28,34)(H,29,35)(H,31,33)/b6-5+. The van der Waals surface area contributed by atoms with Gasteiger partial charge in [-0.25, -0.2) is 4.68 Å². The van der Waals surface area contributed by atoms with E-state index in [1.165, 1.54) is 6.08 Å². The Morgan fingerprint density at radius 3 is 2.37 bits per heavy atom. The zero-order chi connectivity index (χ0) is 25.8. The molecule has 8 nitrogen and oxygen atoms in total. The summed E-state index contributed by atoms with van der Waals surface area (Å²) in [5.41, 5.74) is 2.30. The summed E-state index contributed by atoms with van der Waals surface area (Å²) in [5, 5.41) is 9.26.